The van der Waals surface area contributed by atoms with Crippen LogP contribution in [0.2, 0.25) is 0 Å². The maximum Gasteiger partial charge on any atom is 0.338 e. The molecule has 7 heteroatoms. The number of aromatic nitrogens is 1. The zero-order valence-electron chi connectivity index (χ0n) is 17.6. The summed E-state index contributed by atoms with van der Waals surface area (Å²) in [6, 6.07) is 18.8. The van der Waals surface area contributed by atoms with Gasteiger partial charge in [0.2, 0.25) is 0 Å². The number of para-hydroxylation sites is 1. The van der Waals surface area contributed by atoms with Crippen LogP contribution >= 0.6 is 0 Å². The zero-order chi connectivity index (χ0) is 22.1. The molecular weight excluding hydrogens is 408 g/mol. The fraction of sp³-hybridized carbons (Fsp3) is 0.200. The van der Waals surface area contributed by atoms with Crippen molar-refractivity contribution < 1.29 is 23.8 Å². The SMILES string of the molecule is CCn1c2ccccc2c2cc(NC(=O)COC(=O)c3ccc4c(c3)OCCO4)ccc21. The van der Waals surface area contributed by atoms with Gasteiger partial charge in [0.1, 0.15) is 13.2 Å². The largest absolute Gasteiger partial charge is 0.486 e. The number of anilines is 1. The van der Waals surface area contributed by atoms with Gasteiger partial charge in [-0.15, -0.1) is 0 Å². The van der Waals surface area contributed by atoms with Crippen molar-refractivity contribution in [1.82, 2.24) is 4.57 Å². The van der Waals surface area contributed by atoms with Crippen LogP contribution in [0.1, 0.15) is 17.3 Å². The average molecular weight is 430 g/mol. The van der Waals surface area contributed by atoms with Crippen molar-refractivity contribution in [2.45, 2.75) is 13.5 Å². The summed E-state index contributed by atoms with van der Waals surface area (Å²) < 4.78 is 18.3. The molecule has 3 aromatic carbocycles. The molecule has 162 valence electrons. The van der Waals surface area contributed by atoms with Gasteiger partial charge in [0.05, 0.1) is 5.56 Å². The van der Waals surface area contributed by atoms with E-state index in [1.165, 1.54) is 0 Å². The molecule has 0 radical (unpaired) electrons. The van der Waals surface area contributed by atoms with Gasteiger partial charge < -0.3 is 24.1 Å². The number of hydrogen-bond donors (Lipinski definition) is 1. The molecule has 7 nitrogen and oxygen atoms in total. The summed E-state index contributed by atoms with van der Waals surface area (Å²) in [5.41, 5.74) is 3.21. The molecule has 1 amide bonds. The highest BCUT2D eigenvalue weighted by atomic mass is 16.6. The van der Waals surface area contributed by atoms with Gasteiger partial charge in [-0.3, -0.25) is 4.79 Å². The molecule has 1 aromatic heterocycles. The Morgan fingerprint density at radius 2 is 1.72 bits per heavy atom. The molecule has 0 saturated heterocycles. The minimum Gasteiger partial charge on any atom is -0.486 e. The summed E-state index contributed by atoms with van der Waals surface area (Å²) in [6.45, 7) is 3.47. The van der Waals surface area contributed by atoms with E-state index in [-0.39, 0.29) is 6.61 Å². The summed E-state index contributed by atoms with van der Waals surface area (Å²) in [4.78, 5) is 24.7. The van der Waals surface area contributed by atoms with Gasteiger partial charge in [-0.1, -0.05) is 18.2 Å². The summed E-state index contributed by atoms with van der Waals surface area (Å²) in [6.07, 6.45) is 0. The van der Waals surface area contributed by atoms with Crippen LogP contribution in [0, 0.1) is 0 Å². The van der Waals surface area contributed by atoms with Crippen molar-refractivity contribution in [2.24, 2.45) is 0 Å². The normalized spacial score (nSPS) is 12.7. The summed E-state index contributed by atoms with van der Waals surface area (Å²) in [5, 5.41) is 5.01. The van der Waals surface area contributed by atoms with Gasteiger partial charge in [0.25, 0.3) is 5.91 Å². The number of ether oxygens (including phenoxy) is 3. The molecule has 4 aromatic rings. The number of nitrogens with zero attached hydrogens (tertiary/aromatic N) is 1. The maximum atomic E-state index is 12.4. The number of esters is 1. The topological polar surface area (TPSA) is 78.8 Å². The summed E-state index contributed by atoms with van der Waals surface area (Å²) >= 11 is 0. The lowest BCUT2D eigenvalue weighted by Crippen LogP contribution is -2.21. The van der Waals surface area contributed by atoms with Gasteiger partial charge in [0, 0.05) is 34.0 Å². The molecule has 2 heterocycles. The lowest BCUT2D eigenvalue weighted by molar-refractivity contribution is -0.119. The number of aryl methyl sites for hydroxylation is 1. The lowest BCUT2D eigenvalue weighted by Gasteiger charge is -2.18. The number of benzene rings is 3. The minimum absolute atomic E-state index is 0.302. The van der Waals surface area contributed by atoms with Crippen LogP contribution in [0.3, 0.4) is 0 Å². The Morgan fingerprint density at radius 1 is 0.938 bits per heavy atom. The Morgan fingerprint density at radius 3 is 2.56 bits per heavy atom. The fourth-order valence-electron chi connectivity index (χ4n) is 4.05. The van der Waals surface area contributed by atoms with E-state index in [1.54, 1.807) is 18.2 Å². The first-order valence-electron chi connectivity index (χ1n) is 10.5. The predicted molar refractivity (Wildman–Crippen MR) is 121 cm³/mol. The Kier molecular flexibility index (Phi) is 5.15. The number of nitrogens with one attached hydrogen (secondary N) is 1. The predicted octanol–water partition coefficient (Wildman–Crippen LogP) is 4.38. The molecule has 5 rings (SSSR count). The van der Waals surface area contributed by atoms with Crippen LogP contribution in [-0.4, -0.2) is 36.3 Å². The Balaban J connectivity index is 1.28. The second kappa shape index (κ2) is 8.26. The second-order valence-electron chi connectivity index (χ2n) is 7.48. The van der Waals surface area contributed by atoms with Crippen LogP contribution in [0.5, 0.6) is 11.5 Å². The molecule has 32 heavy (non-hydrogen) atoms. The van der Waals surface area contributed by atoms with Crippen molar-refractivity contribution in [2.75, 3.05) is 25.1 Å². The van der Waals surface area contributed by atoms with E-state index >= 15 is 0 Å². The molecule has 1 aliphatic rings. The van der Waals surface area contributed by atoms with Crippen LogP contribution in [-0.2, 0) is 16.1 Å². The first-order valence-corrected chi connectivity index (χ1v) is 10.5. The number of rotatable bonds is 5. The maximum absolute atomic E-state index is 12.4. The average Bonchev–Trinajstić information content (AvgIpc) is 3.15. The van der Waals surface area contributed by atoms with E-state index in [2.05, 4.69) is 28.9 Å². The zero-order valence-corrected chi connectivity index (χ0v) is 17.6. The first-order chi connectivity index (χ1) is 15.6. The third-order valence-corrected chi connectivity index (χ3v) is 5.48. The highest BCUT2D eigenvalue weighted by Crippen LogP contribution is 2.32. The number of carbonyl (C=O) groups is 2. The van der Waals surface area contributed by atoms with Crippen LogP contribution in [0.25, 0.3) is 21.8 Å². The molecule has 0 bridgehead atoms. The second-order valence-corrected chi connectivity index (χ2v) is 7.48. The van der Waals surface area contributed by atoms with Gasteiger partial charge in [-0.05, 0) is 49.4 Å². The standard InChI is InChI=1S/C25H22N2O5/c1-2-27-20-6-4-3-5-18(20)19-14-17(8-9-21(19)27)26-24(28)15-32-25(29)16-7-10-22-23(13-16)31-12-11-30-22/h3-10,13-14H,2,11-12,15H2,1H3,(H,26,28). The summed E-state index contributed by atoms with van der Waals surface area (Å²) in [7, 11) is 0. The Hall–Kier alpha value is -4.00. The van der Waals surface area contributed by atoms with E-state index in [0.717, 1.165) is 28.4 Å². The third-order valence-electron chi connectivity index (χ3n) is 5.48. The van der Waals surface area contributed by atoms with E-state index in [9.17, 15) is 9.59 Å². The van der Waals surface area contributed by atoms with Crippen molar-refractivity contribution in [3.63, 3.8) is 0 Å². The summed E-state index contributed by atoms with van der Waals surface area (Å²) in [5.74, 6) is 0.0770. The van der Waals surface area contributed by atoms with Gasteiger partial charge >= 0.3 is 5.97 Å². The van der Waals surface area contributed by atoms with E-state index in [1.807, 2.05) is 30.3 Å². The lowest BCUT2D eigenvalue weighted by atomic mass is 10.1. The van der Waals surface area contributed by atoms with Gasteiger partial charge in [0.15, 0.2) is 18.1 Å². The molecule has 0 atom stereocenters. The minimum atomic E-state index is -0.599. The fourth-order valence-corrected chi connectivity index (χ4v) is 4.05. The number of hydrogen-bond acceptors (Lipinski definition) is 5. The monoisotopic (exact) mass is 430 g/mol. The van der Waals surface area contributed by atoms with Crippen LogP contribution < -0.4 is 14.8 Å². The number of fused-ring (bicyclic) bond motifs is 4. The van der Waals surface area contributed by atoms with Crippen molar-refractivity contribution in [3.8, 4) is 11.5 Å². The molecule has 0 unspecified atom stereocenters. The van der Waals surface area contributed by atoms with E-state index < -0.39 is 11.9 Å². The van der Waals surface area contributed by atoms with Crippen molar-refractivity contribution in [3.05, 3.63) is 66.2 Å². The van der Waals surface area contributed by atoms with Crippen molar-refractivity contribution in [1.29, 1.82) is 0 Å². The molecule has 1 N–H and O–H groups in total. The smallest absolute Gasteiger partial charge is 0.338 e. The number of carbonyl (C=O) groups excluding carboxylic acids is 2. The molecule has 0 fully saturated rings. The molecule has 1 aliphatic heterocycles. The molecule has 0 saturated carbocycles. The van der Waals surface area contributed by atoms with Crippen LogP contribution in [0.4, 0.5) is 5.69 Å². The van der Waals surface area contributed by atoms with E-state index in [4.69, 9.17) is 14.2 Å². The van der Waals surface area contributed by atoms with E-state index in [0.29, 0.717) is 36.0 Å². The Labute approximate surface area is 184 Å². The quantitative estimate of drug-likeness (QED) is 0.476. The molecule has 0 spiro atoms. The van der Waals surface area contributed by atoms with Crippen molar-refractivity contribution >= 4 is 39.4 Å². The third kappa shape index (κ3) is 3.62. The van der Waals surface area contributed by atoms with Gasteiger partial charge in [-0.25, -0.2) is 4.79 Å². The first kappa shape index (κ1) is 19.9. The molecule has 0 aliphatic carbocycles. The van der Waals surface area contributed by atoms with Crippen LogP contribution in [0.15, 0.2) is 60.7 Å². The number of amides is 1. The highest BCUT2D eigenvalue weighted by Gasteiger charge is 2.17. The van der Waals surface area contributed by atoms with Gasteiger partial charge in [-0.2, -0.15) is 0 Å². The highest BCUT2D eigenvalue weighted by molar-refractivity contribution is 6.10. The molecular formula is C25H22N2O5. The Bertz CT molecular complexity index is 1340.